The highest BCUT2D eigenvalue weighted by Gasteiger charge is 2.33. The molecule has 0 spiro atoms. The summed E-state index contributed by atoms with van der Waals surface area (Å²) < 4.78 is 1.01. The Bertz CT molecular complexity index is 525. The molecule has 0 aliphatic carbocycles. The van der Waals surface area contributed by atoms with Crippen LogP contribution in [0.3, 0.4) is 0 Å². The fourth-order valence-electron chi connectivity index (χ4n) is 3.46. The molecule has 1 aromatic rings. The van der Waals surface area contributed by atoms with Gasteiger partial charge in [-0.2, -0.15) is 0 Å². The Hall–Kier alpha value is -0.580. The van der Waals surface area contributed by atoms with Crippen LogP contribution in [-0.2, 0) is 11.2 Å². The monoisotopic (exact) mass is 370 g/mol. The molecule has 1 amide bonds. The Balaban J connectivity index is 1.49. The molecule has 5 heteroatoms. The maximum Gasteiger partial charge on any atom is 0.220 e. The predicted octanol–water partition coefficient (Wildman–Crippen LogP) is 3.43. The van der Waals surface area contributed by atoms with Gasteiger partial charge in [-0.15, -0.1) is 0 Å². The third-order valence-electron chi connectivity index (χ3n) is 4.47. The molecule has 2 atom stereocenters. The van der Waals surface area contributed by atoms with Gasteiger partial charge in [0.1, 0.15) is 0 Å². The molecule has 21 heavy (non-hydrogen) atoms. The van der Waals surface area contributed by atoms with E-state index in [1.165, 1.54) is 12.8 Å². The highest BCUT2D eigenvalue weighted by molar-refractivity contribution is 9.10. The molecule has 114 valence electrons. The van der Waals surface area contributed by atoms with Gasteiger partial charge < -0.3 is 10.6 Å². The van der Waals surface area contributed by atoms with E-state index in [0.29, 0.717) is 36.0 Å². The molecular formula is C16H20BrClN2O. The number of hydrogen-bond acceptors (Lipinski definition) is 2. The smallest absolute Gasteiger partial charge is 0.220 e. The van der Waals surface area contributed by atoms with E-state index in [1.807, 2.05) is 18.2 Å². The minimum atomic E-state index is 0.146. The molecule has 3 nitrogen and oxygen atoms in total. The Morgan fingerprint density at radius 2 is 2.05 bits per heavy atom. The summed E-state index contributed by atoms with van der Waals surface area (Å²) >= 11 is 9.50. The summed E-state index contributed by atoms with van der Waals surface area (Å²) in [5.74, 6) is 0.146. The number of rotatable bonds is 4. The number of piperidine rings is 1. The molecule has 2 bridgehead atoms. The summed E-state index contributed by atoms with van der Waals surface area (Å²) in [6, 6.07) is 7.26. The van der Waals surface area contributed by atoms with Crippen molar-refractivity contribution in [1.29, 1.82) is 0 Å². The first-order valence-corrected chi connectivity index (χ1v) is 8.76. The van der Waals surface area contributed by atoms with Crippen molar-refractivity contribution in [2.24, 2.45) is 0 Å². The van der Waals surface area contributed by atoms with E-state index in [1.54, 1.807) is 0 Å². The average molecular weight is 372 g/mol. The molecule has 2 aliphatic heterocycles. The number of halogens is 2. The minimum Gasteiger partial charge on any atom is -0.353 e. The third-order valence-corrected chi connectivity index (χ3v) is 5.48. The number of carbonyl (C=O) groups is 1. The van der Waals surface area contributed by atoms with E-state index in [0.717, 1.165) is 22.9 Å². The standard InChI is InChI=1S/C16H20BrClN2O/c17-15-5-2-11(18)7-10(15)1-6-16(21)20-14-8-12-3-4-13(9-14)19-12/h2,5,7,12-14,19H,1,3-4,6,8-9H2,(H,20,21). The van der Waals surface area contributed by atoms with Gasteiger partial charge in [0.15, 0.2) is 0 Å². The quantitative estimate of drug-likeness (QED) is 0.851. The zero-order valence-corrected chi connectivity index (χ0v) is 14.2. The summed E-state index contributed by atoms with van der Waals surface area (Å²) in [5.41, 5.74) is 1.09. The summed E-state index contributed by atoms with van der Waals surface area (Å²) in [5, 5.41) is 7.50. The molecule has 2 fully saturated rings. The van der Waals surface area contributed by atoms with Gasteiger partial charge in [-0.3, -0.25) is 4.79 Å². The average Bonchev–Trinajstić information content (AvgIpc) is 2.79. The normalized spacial score (nSPS) is 27.6. The zero-order chi connectivity index (χ0) is 14.8. The van der Waals surface area contributed by atoms with Gasteiger partial charge in [-0.1, -0.05) is 27.5 Å². The number of benzene rings is 1. The Kier molecular flexibility index (Phi) is 4.87. The summed E-state index contributed by atoms with van der Waals surface area (Å²) in [6.07, 6.45) is 5.88. The largest absolute Gasteiger partial charge is 0.353 e. The maximum atomic E-state index is 12.1. The highest BCUT2D eigenvalue weighted by atomic mass is 79.9. The Labute approximate surface area is 139 Å². The van der Waals surface area contributed by atoms with Crippen LogP contribution < -0.4 is 10.6 Å². The van der Waals surface area contributed by atoms with Gasteiger partial charge >= 0.3 is 0 Å². The number of aryl methyl sites for hydroxylation is 1. The fourth-order valence-corrected chi connectivity index (χ4v) is 4.10. The Morgan fingerprint density at radius 1 is 1.33 bits per heavy atom. The van der Waals surface area contributed by atoms with Crippen LogP contribution in [0.25, 0.3) is 0 Å². The van der Waals surface area contributed by atoms with E-state index in [2.05, 4.69) is 26.6 Å². The lowest BCUT2D eigenvalue weighted by atomic mass is 9.99. The first kappa shape index (κ1) is 15.3. The van der Waals surface area contributed by atoms with Crippen LogP contribution in [-0.4, -0.2) is 24.0 Å². The number of nitrogens with one attached hydrogen (secondary N) is 2. The van der Waals surface area contributed by atoms with E-state index < -0.39 is 0 Å². The molecule has 2 saturated heterocycles. The second-order valence-corrected chi connectivity index (χ2v) is 7.40. The van der Waals surface area contributed by atoms with Crippen LogP contribution in [0.2, 0.25) is 5.02 Å². The van der Waals surface area contributed by atoms with Crippen LogP contribution >= 0.6 is 27.5 Å². The van der Waals surface area contributed by atoms with Crippen LogP contribution in [0, 0.1) is 0 Å². The summed E-state index contributed by atoms with van der Waals surface area (Å²) in [4.78, 5) is 12.1. The molecular weight excluding hydrogens is 352 g/mol. The zero-order valence-electron chi connectivity index (χ0n) is 11.9. The SMILES string of the molecule is O=C(CCc1cc(Cl)ccc1Br)NC1CC2CCC(C1)N2. The van der Waals surface area contributed by atoms with Crippen molar-refractivity contribution in [3.8, 4) is 0 Å². The summed E-state index contributed by atoms with van der Waals surface area (Å²) in [6.45, 7) is 0. The number of fused-ring (bicyclic) bond motifs is 2. The van der Waals surface area contributed by atoms with Crippen LogP contribution in [0.15, 0.2) is 22.7 Å². The summed E-state index contributed by atoms with van der Waals surface area (Å²) in [7, 11) is 0. The van der Waals surface area contributed by atoms with Gasteiger partial charge in [0.05, 0.1) is 0 Å². The molecule has 0 radical (unpaired) electrons. The minimum absolute atomic E-state index is 0.146. The predicted molar refractivity (Wildman–Crippen MR) is 88.6 cm³/mol. The number of hydrogen-bond donors (Lipinski definition) is 2. The molecule has 2 heterocycles. The van der Waals surface area contributed by atoms with Crippen molar-refractivity contribution in [2.75, 3.05) is 0 Å². The molecule has 2 unspecified atom stereocenters. The number of carbonyl (C=O) groups excluding carboxylic acids is 1. The van der Waals surface area contributed by atoms with Crippen molar-refractivity contribution in [3.63, 3.8) is 0 Å². The lowest BCUT2D eigenvalue weighted by Gasteiger charge is -2.29. The maximum absolute atomic E-state index is 12.1. The topological polar surface area (TPSA) is 41.1 Å². The van der Waals surface area contributed by atoms with E-state index in [-0.39, 0.29) is 5.91 Å². The Morgan fingerprint density at radius 3 is 2.76 bits per heavy atom. The van der Waals surface area contributed by atoms with Gasteiger partial charge in [0, 0.05) is 34.0 Å². The van der Waals surface area contributed by atoms with Crippen molar-refractivity contribution in [1.82, 2.24) is 10.6 Å². The van der Waals surface area contributed by atoms with Crippen molar-refractivity contribution >= 4 is 33.4 Å². The van der Waals surface area contributed by atoms with E-state index in [4.69, 9.17) is 11.6 Å². The second-order valence-electron chi connectivity index (χ2n) is 6.11. The van der Waals surface area contributed by atoms with Gasteiger partial charge in [0.25, 0.3) is 0 Å². The fraction of sp³-hybridized carbons (Fsp3) is 0.562. The molecule has 2 aliphatic rings. The molecule has 0 aromatic heterocycles. The van der Waals surface area contributed by atoms with Gasteiger partial charge in [-0.25, -0.2) is 0 Å². The first-order valence-electron chi connectivity index (χ1n) is 7.59. The first-order chi connectivity index (χ1) is 10.1. The van der Waals surface area contributed by atoms with Gasteiger partial charge in [-0.05, 0) is 55.9 Å². The van der Waals surface area contributed by atoms with E-state index >= 15 is 0 Å². The van der Waals surface area contributed by atoms with Crippen molar-refractivity contribution in [2.45, 2.75) is 56.7 Å². The third kappa shape index (κ3) is 3.99. The number of amides is 1. The van der Waals surface area contributed by atoms with E-state index in [9.17, 15) is 4.79 Å². The van der Waals surface area contributed by atoms with Crippen LogP contribution in [0.5, 0.6) is 0 Å². The highest BCUT2D eigenvalue weighted by Crippen LogP contribution is 2.27. The molecule has 1 aromatic carbocycles. The molecule has 3 rings (SSSR count). The second kappa shape index (κ2) is 6.67. The van der Waals surface area contributed by atoms with Crippen LogP contribution in [0.1, 0.15) is 37.7 Å². The molecule has 0 saturated carbocycles. The van der Waals surface area contributed by atoms with Crippen LogP contribution in [0.4, 0.5) is 0 Å². The lowest BCUT2D eigenvalue weighted by molar-refractivity contribution is -0.122. The van der Waals surface area contributed by atoms with Gasteiger partial charge in [0.2, 0.25) is 5.91 Å². The van der Waals surface area contributed by atoms with Crippen molar-refractivity contribution in [3.05, 3.63) is 33.3 Å². The van der Waals surface area contributed by atoms with Crippen molar-refractivity contribution < 1.29 is 4.79 Å². The lowest BCUT2D eigenvalue weighted by Crippen LogP contribution is -2.48. The molecule has 2 N–H and O–H groups in total.